The summed E-state index contributed by atoms with van der Waals surface area (Å²) < 4.78 is 12.6. The minimum atomic E-state index is -0.769. The molecule has 0 spiro atoms. The van der Waals surface area contributed by atoms with Crippen molar-refractivity contribution in [1.82, 2.24) is 41.7 Å². The van der Waals surface area contributed by atoms with Gasteiger partial charge in [-0.05, 0) is 139 Å². The van der Waals surface area contributed by atoms with E-state index in [9.17, 15) is 28.8 Å². The van der Waals surface area contributed by atoms with Gasteiger partial charge in [0.25, 0.3) is 0 Å². The molecular formula is C54H76N10O8. The molecule has 0 bridgehead atoms. The highest BCUT2D eigenvalue weighted by Crippen LogP contribution is 2.35. The van der Waals surface area contributed by atoms with E-state index in [2.05, 4.69) is 55.6 Å². The molecule has 4 aliphatic rings. The molecule has 0 radical (unpaired) electrons. The number of hydrogen-bond acceptors (Lipinski definition) is 12. The number of rotatable bonds is 24. The van der Waals surface area contributed by atoms with Crippen LogP contribution < -0.4 is 43.4 Å². The molecule has 6 amide bonds. The van der Waals surface area contributed by atoms with Gasteiger partial charge in [-0.15, -0.1) is 0 Å². The molecule has 10 N–H and O–H groups in total. The topological polar surface area (TPSA) is 252 Å². The molecule has 6 rings (SSSR count). The summed E-state index contributed by atoms with van der Waals surface area (Å²) in [5, 5.41) is 18.0. The number of likely N-dealkylation sites (tertiary alicyclic amines) is 2. The van der Waals surface area contributed by atoms with Crippen molar-refractivity contribution in [3.63, 3.8) is 0 Å². The maximum absolute atomic E-state index is 14.1. The number of carbonyl (C=O) groups excluding carboxylic acids is 6. The molecule has 2 heterocycles. The average molecular weight is 993 g/mol. The molecule has 18 heteroatoms. The summed E-state index contributed by atoms with van der Waals surface area (Å²) in [5.41, 5.74) is 15.5. The van der Waals surface area contributed by atoms with Gasteiger partial charge in [-0.3, -0.25) is 28.8 Å². The number of benzene rings is 2. The summed E-state index contributed by atoms with van der Waals surface area (Å²) in [7, 11) is 3.37. The zero-order valence-electron chi connectivity index (χ0n) is 42.4. The van der Waals surface area contributed by atoms with Crippen molar-refractivity contribution in [1.29, 1.82) is 0 Å². The Morgan fingerprint density at radius 1 is 0.625 bits per heavy atom. The van der Waals surface area contributed by atoms with Gasteiger partial charge in [-0.25, -0.2) is 0 Å². The van der Waals surface area contributed by atoms with Crippen LogP contribution in [0.4, 0.5) is 0 Å². The molecule has 2 aromatic carbocycles. The van der Waals surface area contributed by atoms with E-state index in [0.717, 1.165) is 22.3 Å². The highest BCUT2D eigenvalue weighted by molar-refractivity contribution is 5.94. The summed E-state index contributed by atoms with van der Waals surface area (Å²) in [6.45, 7) is 5.36. The predicted octanol–water partition coefficient (Wildman–Crippen LogP) is 1.02. The molecule has 2 aliphatic carbocycles. The molecule has 2 aromatic rings. The number of nitrogens with zero attached hydrogens (tertiary/aromatic N) is 2. The van der Waals surface area contributed by atoms with Gasteiger partial charge in [0.2, 0.25) is 35.4 Å². The molecule has 390 valence electrons. The number of fused-ring (bicyclic) bond motifs is 2. The lowest BCUT2D eigenvalue weighted by molar-refractivity contribution is -0.142. The second-order valence-corrected chi connectivity index (χ2v) is 19.2. The first kappa shape index (κ1) is 55.5. The van der Waals surface area contributed by atoms with Crippen LogP contribution in [0.25, 0.3) is 0 Å². The Morgan fingerprint density at radius 2 is 1.03 bits per heavy atom. The second kappa shape index (κ2) is 27.8. The maximum Gasteiger partial charge on any atom is 0.245 e. The Balaban J connectivity index is 1.03. The minimum Gasteiger partial charge on any atom is -0.363 e. The zero-order valence-corrected chi connectivity index (χ0v) is 42.4. The van der Waals surface area contributed by atoms with Gasteiger partial charge in [-0.1, -0.05) is 60.4 Å². The van der Waals surface area contributed by atoms with Crippen LogP contribution in [0.5, 0.6) is 0 Å². The van der Waals surface area contributed by atoms with Crippen molar-refractivity contribution in [2.45, 2.75) is 151 Å². The van der Waals surface area contributed by atoms with Crippen LogP contribution in [0, 0.1) is 23.7 Å². The molecule has 72 heavy (non-hydrogen) atoms. The van der Waals surface area contributed by atoms with Crippen molar-refractivity contribution in [2.24, 2.45) is 11.5 Å². The van der Waals surface area contributed by atoms with Crippen LogP contribution >= 0.6 is 0 Å². The standard InChI is InChI=1S/C54H76N10O8/c1-35(57-3)49(65)59-41(23-11-13-27-55)53(69)63-29-17-25-43(63)51(67)61-47-39-21-9-7-19-37(39)33-45(47)71-31-15-5-6-16-32-72-46-34-38-20-8-10-22-40(38)48(46)62-52(68)44-26-18-30-64(44)54(70)42(24-12-14-28-56)60-50(66)36(2)58-4/h7-10,19-22,35-36,41-48,57-58H,11-14,17-18,23-34,55-56H2,1-4H3,(H,59,65)(H,60,66)(H,61,67)(H,62,68)/t35-,36-,41-,42-,43-,44-,45+,46+,47-,48-/m0/s1. The summed E-state index contributed by atoms with van der Waals surface area (Å²) in [5.74, 6) is 10.0. The van der Waals surface area contributed by atoms with Gasteiger partial charge in [0.1, 0.15) is 37.4 Å². The SMILES string of the molecule is CN[C@@H](C)C(=O)N[C@@H](CCCCN)C(=O)N1CCC[C@H]1C(=O)N[C@H]1c2ccccc2C[C@H]1OCC#CC#CCO[C@@H]1Cc2ccccc2[C@@H]1NC(=O)[C@@H]1CCCN1C(=O)[C@H](CCCCN)NC(=O)[C@H](C)NC. The first-order valence-electron chi connectivity index (χ1n) is 25.8. The summed E-state index contributed by atoms with van der Waals surface area (Å²) in [4.78, 5) is 85.0. The van der Waals surface area contributed by atoms with Crippen LogP contribution in [0.2, 0.25) is 0 Å². The molecular weight excluding hydrogens is 917 g/mol. The monoisotopic (exact) mass is 993 g/mol. The second-order valence-electron chi connectivity index (χ2n) is 19.2. The van der Waals surface area contributed by atoms with E-state index >= 15 is 0 Å². The first-order valence-corrected chi connectivity index (χ1v) is 25.8. The Labute approximate surface area is 424 Å². The molecule has 2 fully saturated rings. The largest absolute Gasteiger partial charge is 0.363 e. The fourth-order valence-electron chi connectivity index (χ4n) is 10.1. The van der Waals surface area contributed by atoms with Gasteiger partial charge < -0.3 is 62.6 Å². The lowest BCUT2D eigenvalue weighted by Gasteiger charge is -2.31. The third kappa shape index (κ3) is 14.4. The highest BCUT2D eigenvalue weighted by Gasteiger charge is 2.43. The molecule has 18 nitrogen and oxygen atoms in total. The molecule has 2 saturated heterocycles. The molecule has 10 atom stereocenters. The quantitative estimate of drug-likeness (QED) is 0.0543. The van der Waals surface area contributed by atoms with Crippen LogP contribution in [0.3, 0.4) is 0 Å². The summed E-state index contributed by atoms with van der Waals surface area (Å²) in [6, 6.07) is 10.9. The Morgan fingerprint density at radius 3 is 1.42 bits per heavy atom. The summed E-state index contributed by atoms with van der Waals surface area (Å²) >= 11 is 0. The van der Waals surface area contributed by atoms with Gasteiger partial charge in [0.15, 0.2) is 0 Å². The van der Waals surface area contributed by atoms with E-state index in [-0.39, 0.29) is 48.7 Å². The molecule has 0 aromatic heterocycles. The van der Waals surface area contributed by atoms with E-state index in [1.807, 2.05) is 48.5 Å². The summed E-state index contributed by atoms with van der Waals surface area (Å²) in [6.07, 6.45) is 6.25. The Bertz CT molecular complexity index is 2170. The number of hydrogen-bond donors (Lipinski definition) is 8. The maximum atomic E-state index is 14.1. The lowest BCUT2D eigenvalue weighted by Crippen LogP contribution is -2.56. The average Bonchev–Trinajstić information content (AvgIpc) is 4.22. The van der Waals surface area contributed by atoms with E-state index in [0.29, 0.717) is 103 Å². The third-order valence-corrected chi connectivity index (χ3v) is 14.4. The van der Waals surface area contributed by atoms with Gasteiger partial charge in [-0.2, -0.15) is 0 Å². The van der Waals surface area contributed by atoms with E-state index in [1.165, 1.54) is 0 Å². The smallest absolute Gasteiger partial charge is 0.245 e. The van der Waals surface area contributed by atoms with E-state index in [1.54, 1.807) is 37.7 Å². The number of likely N-dealkylation sites (N-methyl/N-ethyl adjacent to an activating group) is 2. The van der Waals surface area contributed by atoms with E-state index in [4.69, 9.17) is 20.9 Å². The van der Waals surface area contributed by atoms with Crippen LogP contribution in [0.15, 0.2) is 48.5 Å². The number of nitrogens with two attached hydrogens (primary N) is 2. The molecule has 0 saturated carbocycles. The molecule has 2 aliphatic heterocycles. The van der Waals surface area contributed by atoms with E-state index < -0.39 is 60.5 Å². The predicted molar refractivity (Wildman–Crippen MR) is 273 cm³/mol. The Hall–Kier alpha value is -5.86. The third-order valence-electron chi connectivity index (χ3n) is 14.4. The van der Waals surface area contributed by atoms with Gasteiger partial charge in [0, 0.05) is 25.9 Å². The number of carbonyl (C=O) groups is 6. The highest BCUT2D eigenvalue weighted by atomic mass is 16.5. The lowest BCUT2D eigenvalue weighted by atomic mass is 10.1. The van der Waals surface area contributed by atoms with Crippen LogP contribution in [0.1, 0.15) is 112 Å². The Kier molecular flexibility index (Phi) is 21.4. The van der Waals surface area contributed by atoms with Crippen LogP contribution in [-0.4, -0.2) is 147 Å². The normalized spacial score (nSPS) is 22.5. The van der Waals surface area contributed by atoms with Gasteiger partial charge in [0.05, 0.1) is 36.4 Å². The fraction of sp³-hybridized carbons (Fsp3) is 0.593. The fourth-order valence-corrected chi connectivity index (χ4v) is 10.1. The first-order chi connectivity index (χ1) is 34.9. The molecule has 0 unspecified atom stereocenters. The van der Waals surface area contributed by atoms with Crippen molar-refractivity contribution < 1.29 is 38.2 Å². The van der Waals surface area contributed by atoms with Gasteiger partial charge >= 0.3 is 0 Å². The number of ether oxygens (including phenoxy) is 2. The zero-order chi connectivity index (χ0) is 51.6. The minimum absolute atomic E-state index is 0.0619. The van der Waals surface area contributed by atoms with Crippen molar-refractivity contribution in [3.05, 3.63) is 70.8 Å². The van der Waals surface area contributed by atoms with Crippen molar-refractivity contribution >= 4 is 35.4 Å². The van der Waals surface area contributed by atoms with Crippen LogP contribution in [-0.2, 0) is 51.1 Å². The van der Waals surface area contributed by atoms with Crippen molar-refractivity contribution in [3.8, 4) is 23.7 Å². The number of unbranched alkanes of at least 4 members (excludes halogenated alkanes) is 2. The number of amides is 6. The van der Waals surface area contributed by atoms with Crippen molar-refractivity contribution in [2.75, 3.05) is 53.5 Å². The number of nitrogens with one attached hydrogen (secondary N) is 6.